The molecule has 318 valence electrons. The minimum absolute atomic E-state index is 0.0458. The number of fused-ring (bicyclic) bond motifs is 2. The number of imidazole rings is 2. The summed E-state index contributed by atoms with van der Waals surface area (Å²) < 4.78 is 20.2. The monoisotopic (exact) mass is 958 g/mol. The summed E-state index contributed by atoms with van der Waals surface area (Å²) in [5, 5.41) is 11.4. The van der Waals surface area contributed by atoms with E-state index < -0.39 is 0 Å². The zero-order valence-corrected chi connectivity index (χ0v) is 37.6. The van der Waals surface area contributed by atoms with Crippen molar-refractivity contribution in [2.24, 2.45) is 0 Å². The van der Waals surface area contributed by atoms with Crippen LogP contribution in [-0.2, 0) is 19.7 Å². The van der Waals surface area contributed by atoms with Crippen LogP contribution in [0.3, 0.4) is 0 Å². The maximum atomic E-state index is 9.97. The van der Waals surface area contributed by atoms with E-state index in [0.717, 1.165) is 28.2 Å². The van der Waals surface area contributed by atoms with Crippen LogP contribution in [-0.4, -0.2) is 58.4 Å². The Morgan fingerprint density at radius 1 is 0.524 bits per heavy atom. The Morgan fingerprint density at radius 2 is 1.00 bits per heavy atom. The molecule has 0 aliphatic rings. The summed E-state index contributed by atoms with van der Waals surface area (Å²) in [5.74, 6) is 1.95. The van der Waals surface area contributed by atoms with E-state index in [4.69, 9.17) is 83.8 Å². The summed E-state index contributed by atoms with van der Waals surface area (Å²) in [6.07, 6.45) is 3.37. The minimum Gasteiger partial charge on any atom is -0.506 e. The van der Waals surface area contributed by atoms with E-state index in [1.54, 1.807) is 39.0 Å². The molecule has 0 saturated heterocycles. The van der Waals surface area contributed by atoms with E-state index in [1.165, 1.54) is 12.1 Å². The van der Waals surface area contributed by atoms with Gasteiger partial charge in [0.25, 0.3) is 0 Å². The molecular weight excluding hydrogens is 929 g/mol. The first kappa shape index (κ1) is 43.8. The first-order chi connectivity index (χ1) is 30.5. The van der Waals surface area contributed by atoms with Crippen molar-refractivity contribution in [1.82, 2.24) is 39.0 Å². The van der Waals surface area contributed by atoms with Gasteiger partial charge in [-0.15, -0.1) is 0 Å². The van der Waals surface area contributed by atoms with Gasteiger partial charge in [-0.3, -0.25) is 0 Å². The third-order valence-electron chi connectivity index (χ3n) is 9.70. The van der Waals surface area contributed by atoms with Crippen LogP contribution in [0.15, 0.2) is 116 Å². The molecule has 0 unspecified atom stereocenters. The molecule has 0 bridgehead atoms. The van der Waals surface area contributed by atoms with Gasteiger partial charge >= 0.3 is 0 Å². The lowest BCUT2D eigenvalue weighted by Gasteiger charge is -2.12. The van der Waals surface area contributed by atoms with Gasteiger partial charge in [0, 0.05) is 11.1 Å². The minimum atomic E-state index is -0.110. The van der Waals surface area contributed by atoms with Gasteiger partial charge in [0.15, 0.2) is 11.3 Å². The smallest absolute Gasteiger partial charge is 0.225 e. The molecule has 0 fully saturated rings. The second kappa shape index (κ2) is 19.3. The lowest BCUT2D eigenvalue weighted by atomic mass is 10.1. The van der Waals surface area contributed by atoms with Crippen LogP contribution >= 0.6 is 69.6 Å². The van der Waals surface area contributed by atoms with Crippen molar-refractivity contribution in [3.63, 3.8) is 0 Å². The molecule has 1 N–H and O–H groups in total. The number of phenols is 1. The Balaban J connectivity index is 0.000000177. The maximum Gasteiger partial charge on any atom is 0.225 e. The van der Waals surface area contributed by atoms with Crippen molar-refractivity contribution in [3.05, 3.63) is 163 Å². The van der Waals surface area contributed by atoms with Gasteiger partial charge in [-0.05, 0) is 88.4 Å². The number of ether oxygens (including phenoxy) is 3. The molecular formula is C45H32Cl6N8O4. The molecule has 63 heavy (non-hydrogen) atoms. The van der Waals surface area contributed by atoms with E-state index in [9.17, 15) is 5.11 Å². The van der Waals surface area contributed by atoms with Gasteiger partial charge in [-0.1, -0.05) is 101 Å². The quantitative estimate of drug-likeness (QED) is 0.125. The summed E-state index contributed by atoms with van der Waals surface area (Å²) in [4.78, 5) is 26.5. The summed E-state index contributed by atoms with van der Waals surface area (Å²) in [7, 11) is 3.26. The number of nitrogens with zero attached hydrogens (tertiary/aromatic N) is 8. The third kappa shape index (κ3) is 9.87. The molecule has 18 heteroatoms. The highest BCUT2D eigenvalue weighted by atomic mass is 35.5. The highest BCUT2D eigenvalue weighted by Gasteiger charge is 2.21. The van der Waals surface area contributed by atoms with Crippen molar-refractivity contribution in [2.75, 3.05) is 14.2 Å². The molecule has 4 aromatic heterocycles. The molecule has 12 nitrogen and oxygen atoms in total. The number of aromatic hydroxyl groups is 1. The number of hydrogen-bond acceptors (Lipinski definition) is 10. The SMILES string of the molecule is COc1ccc(Cn2cnc3c(-c4cc(O)c(Cl)cc4Cl)nc(Cl)nc32)cc1.COc1ccc(Cn2cnc3c(-c4cc(OCc5ccccc5)c(Cl)cc4Cl)nc(Cl)nc32)cc1. The van der Waals surface area contributed by atoms with E-state index in [-0.39, 0.29) is 21.3 Å². The van der Waals surface area contributed by atoms with Crippen LogP contribution in [0.4, 0.5) is 0 Å². The molecule has 5 aromatic carbocycles. The summed E-state index contributed by atoms with van der Waals surface area (Å²) in [6.45, 7) is 1.44. The zero-order chi connectivity index (χ0) is 44.2. The van der Waals surface area contributed by atoms with Crippen LogP contribution in [0, 0.1) is 0 Å². The van der Waals surface area contributed by atoms with Crippen molar-refractivity contribution in [3.8, 4) is 45.5 Å². The fourth-order valence-electron chi connectivity index (χ4n) is 6.57. The number of methoxy groups -OCH3 is 2. The molecule has 9 aromatic rings. The Labute approximate surface area is 390 Å². The Hall–Kier alpha value is -5.86. The molecule has 4 heterocycles. The predicted octanol–water partition coefficient (Wildman–Crippen LogP) is 12.3. The van der Waals surface area contributed by atoms with Crippen molar-refractivity contribution in [2.45, 2.75) is 19.7 Å². The average Bonchev–Trinajstić information content (AvgIpc) is 3.88. The molecule has 0 radical (unpaired) electrons. The van der Waals surface area contributed by atoms with Gasteiger partial charge in [0.2, 0.25) is 10.6 Å². The number of hydrogen-bond donors (Lipinski definition) is 1. The fraction of sp³-hybridized carbons (Fsp3) is 0.111. The molecule has 0 spiro atoms. The fourth-order valence-corrected chi connectivity index (χ4v) is 7.90. The third-order valence-corrected chi connectivity index (χ3v) is 11.3. The van der Waals surface area contributed by atoms with E-state index in [1.807, 2.05) is 88.0 Å². The van der Waals surface area contributed by atoms with E-state index in [2.05, 4.69) is 29.9 Å². The van der Waals surface area contributed by atoms with Crippen molar-refractivity contribution >= 4 is 91.9 Å². The number of halogens is 6. The lowest BCUT2D eigenvalue weighted by Crippen LogP contribution is -2.01. The highest BCUT2D eigenvalue weighted by molar-refractivity contribution is 6.38. The summed E-state index contributed by atoms with van der Waals surface area (Å²) in [5.41, 5.74) is 7.33. The van der Waals surface area contributed by atoms with Crippen LogP contribution in [0.1, 0.15) is 16.7 Å². The molecule has 0 aliphatic carbocycles. The first-order valence-corrected chi connectivity index (χ1v) is 21.1. The normalized spacial score (nSPS) is 11.1. The number of phenolic OH excluding ortho intramolecular Hbond substituents is 1. The Kier molecular flexibility index (Phi) is 13.4. The van der Waals surface area contributed by atoms with Crippen molar-refractivity contribution in [1.29, 1.82) is 0 Å². The van der Waals surface area contributed by atoms with Gasteiger partial charge in [0.05, 0.1) is 60.1 Å². The van der Waals surface area contributed by atoms with Crippen molar-refractivity contribution < 1.29 is 19.3 Å². The predicted molar refractivity (Wildman–Crippen MR) is 248 cm³/mol. The maximum absolute atomic E-state index is 9.97. The standard InChI is InChI=1S/C26H19Cl3N4O2.C19H13Cl3N4O2/c1-34-18-9-7-16(8-10-18)13-33-15-30-24-23(31-26(29)32-25(24)33)19-11-22(21(28)12-20(19)27)35-14-17-5-3-2-4-6-17;1-28-11-4-2-10(3-5-11)8-26-9-23-17-16(24-19(22)25-18(17)26)12-6-15(27)14(21)7-13(12)20/h2-12,15H,13-14H2,1H3;2-7,9,27H,8H2,1H3. The Bertz CT molecular complexity index is 3080. The number of benzene rings is 5. The topological polar surface area (TPSA) is 135 Å². The zero-order valence-electron chi connectivity index (χ0n) is 33.1. The van der Waals surface area contributed by atoms with Gasteiger partial charge in [-0.2, -0.15) is 9.97 Å². The number of rotatable bonds is 11. The second-order valence-corrected chi connectivity index (χ2v) is 16.1. The Morgan fingerprint density at radius 3 is 1.49 bits per heavy atom. The van der Waals surface area contributed by atoms with Gasteiger partial charge in [0.1, 0.15) is 52.0 Å². The summed E-state index contributed by atoms with van der Waals surface area (Å²) in [6, 6.07) is 31.6. The molecule has 9 rings (SSSR count). The molecule has 0 amide bonds. The van der Waals surface area contributed by atoms with Crippen LogP contribution in [0.2, 0.25) is 30.7 Å². The van der Waals surface area contributed by atoms with E-state index in [0.29, 0.717) is 85.4 Å². The van der Waals surface area contributed by atoms with Crippen LogP contribution < -0.4 is 14.2 Å². The number of aromatic nitrogens is 8. The van der Waals surface area contributed by atoms with Crippen LogP contribution in [0.25, 0.3) is 44.8 Å². The average molecular weight is 962 g/mol. The lowest BCUT2D eigenvalue weighted by molar-refractivity contribution is 0.306. The highest BCUT2D eigenvalue weighted by Crippen LogP contribution is 2.40. The molecule has 0 atom stereocenters. The van der Waals surface area contributed by atoms with Gasteiger partial charge < -0.3 is 28.5 Å². The first-order valence-electron chi connectivity index (χ1n) is 18.8. The van der Waals surface area contributed by atoms with Gasteiger partial charge in [-0.25, -0.2) is 19.9 Å². The molecule has 0 aliphatic heterocycles. The second-order valence-electron chi connectivity index (χ2n) is 13.8. The summed E-state index contributed by atoms with van der Waals surface area (Å²) >= 11 is 37.7. The molecule has 0 saturated carbocycles. The van der Waals surface area contributed by atoms with E-state index >= 15 is 0 Å². The van der Waals surface area contributed by atoms with Crippen LogP contribution in [0.5, 0.6) is 23.0 Å². The largest absolute Gasteiger partial charge is 0.506 e.